The molecule has 3 aromatic rings. The third kappa shape index (κ3) is 6.69. The van der Waals surface area contributed by atoms with Gasteiger partial charge in [0.05, 0.1) is 32.5 Å². The van der Waals surface area contributed by atoms with E-state index in [-0.39, 0.29) is 23.4 Å². The molecule has 1 atom stereocenters. The Morgan fingerprint density at radius 3 is 2.52 bits per heavy atom. The lowest BCUT2D eigenvalue weighted by Gasteiger charge is -2.14. The molecule has 5 rings (SSSR count). The summed E-state index contributed by atoms with van der Waals surface area (Å²) in [5.74, 6) is 1.88. The van der Waals surface area contributed by atoms with Gasteiger partial charge in [0.15, 0.2) is 0 Å². The molecule has 3 aromatic carbocycles. The van der Waals surface area contributed by atoms with Crippen LogP contribution in [0.3, 0.4) is 0 Å². The zero-order valence-electron chi connectivity index (χ0n) is 23.4. The molecule has 2 aliphatic rings. The molecule has 0 unspecified atom stereocenters. The van der Waals surface area contributed by atoms with Gasteiger partial charge in [0, 0.05) is 17.2 Å². The molecule has 0 saturated heterocycles. The number of aryl methyl sites for hydroxylation is 4. The van der Waals surface area contributed by atoms with E-state index < -0.39 is 9.84 Å². The summed E-state index contributed by atoms with van der Waals surface area (Å²) in [5.41, 5.74) is 8.84. The largest absolute Gasteiger partial charge is 0.494 e. The van der Waals surface area contributed by atoms with E-state index in [9.17, 15) is 13.2 Å². The number of carbonyl (C=O) groups is 1. The van der Waals surface area contributed by atoms with Gasteiger partial charge in [0.2, 0.25) is 0 Å². The molecule has 6 nitrogen and oxygen atoms in total. The van der Waals surface area contributed by atoms with E-state index in [0.717, 1.165) is 49.2 Å². The zero-order chi connectivity index (χ0) is 28.1. The highest BCUT2D eigenvalue weighted by Crippen LogP contribution is 2.38. The molecule has 0 radical (unpaired) electrons. The fraction of sp³-hybridized carbons (Fsp3) is 0.424. The minimum absolute atomic E-state index is 0.0595. The van der Waals surface area contributed by atoms with Crippen LogP contribution < -0.4 is 9.47 Å². The van der Waals surface area contributed by atoms with Gasteiger partial charge in [-0.2, -0.15) is 0 Å². The summed E-state index contributed by atoms with van der Waals surface area (Å²) >= 11 is 0. The van der Waals surface area contributed by atoms with Gasteiger partial charge in [-0.3, -0.25) is 4.79 Å². The Labute approximate surface area is 237 Å². The van der Waals surface area contributed by atoms with Crippen molar-refractivity contribution in [3.8, 4) is 22.6 Å². The van der Waals surface area contributed by atoms with E-state index in [0.29, 0.717) is 26.1 Å². The van der Waals surface area contributed by atoms with Crippen molar-refractivity contribution in [1.29, 1.82) is 0 Å². The first-order chi connectivity index (χ1) is 19.3. The average Bonchev–Trinajstić information content (AvgIpc) is 3.26. The van der Waals surface area contributed by atoms with Crippen LogP contribution in [0.2, 0.25) is 0 Å². The number of ether oxygens (including phenoxy) is 3. The number of rotatable bonds is 11. The second-order valence-electron chi connectivity index (χ2n) is 10.8. The fourth-order valence-corrected chi connectivity index (χ4v) is 6.52. The van der Waals surface area contributed by atoms with Gasteiger partial charge in [-0.05, 0) is 90.1 Å². The minimum Gasteiger partial charge on any atom is -0.494 e. The topological polar surface area (TPSA) is 78.9 Å². The quantitative estimate of drug-likeness (QED) is 0.215. The molecule has 0 spiro atoms. The number of hydrogen-bond donors (Lipinski definition) is 0. The molecule has 0 fully saturated rings. The van der Waals surface area contributed by atoms with Crippen molar-refractivity contribution in [2.45, 2.75) is 57.8 Å². The lowest BCUT2D eigenvalue weighted by molar-refractivity contribution is -0.141. The van der Waals surface area contributed by atoms with Gasteiger partial charge < -0.3 is 14.2 Å². The van der Waals surface area contributed by atoms with Crippen LogP contribution in [0.4, 0.5) is 0 Å². The summed E-state index contributed by atoms with van der Waals surface area (Å²) < 4.78 is 40.1. The molecule has 0 amide bonds. The number of sulfone groups is 1. The Bertz CT molecular complexity index is 1480. The van der Waals surface area contributed by atoms with E-state index in [2.05, 4.69) is 48.5 Å². The molecule has 7 heteroatoms. The summed E-state index contributed by atoms with van der Waals surface area (Å²) in [6.07, 6.45) is 5.81. The number of hydrogen-bond acceptors (Lipinski definition) is 6. The number of carbonyl (C=O) groups excluding carboxylic acids is 1. The Balaban J connectivity index is 1.25. The Morgan fingerprint density at radius 1 is 0.950 bits per heavy atom. The maximum absolute atomic E-state index is 11.7. The van der Waals surface area contributed by atoms with Crippen molar-refractivity contribution in [3.63, 3.8) is 0 Å². The molecule has 0 saturated carbocycles. The maximum Gasteiger partial charge on any atom is 0.306 e. The second-order valence-corrected chi connectivity index (χ2v) is 13.2. The third-order valence-corrected chi connectivity index (χ3v) is 9.83. The van der Waals surface area contributed by atoms with Crippen LogP contribution in [-0.4, -0.2) is 46.2 Å². The highest BCUT2D eigenvalue weighted by atomic mass is 32.2. The zero-order valence-corrected chi connectivity index (χ0v) is 24.2. The van der Waals surface area contributed by atoms with Gasteiger partial charge in [-0.25, -0.2) is 8.42 Å². The summed E-state index contributed by atoms with van der Waals surface area (Å²) in [6, 6.07) is 19.5. The van der Waals surface area contributed by atoms with Crippen LogP contribution in [0.25, 0.3) is 11.1 Å². The van der Waals surface area contributed by atoms with Crippen LogP contribution in [0.5, 0.6) is 11.5 Å². The van der Waals surface area contributed by atoms with Gasteiger partial charge in [-0.1, -0.05) is 43.3 Å². The first kappa shape index (κ1) is 28.2. The lowest BCUT2D eigenvalue weighted by atomic mass is 9.92. The monoisotopic (exact) mass is 562 g/mol. The molecule has 0 N–H and O–H groups in total. The summed E-state index contributed by atoms with van der Waals surface area (Å²) in [6.45, 7) is 2.60. The summed E-state index contributed by atoms with van der Waals surface area (Å²) in [5, 5.41) is 0. The molecule has 0 bridgehead atoms. The highest BCUT2D eigenvalue weighted by Gasteiger charge is 2.27. The van der Waals surface area contributed by atoms with E-state index >= 15 is 0 Å². The van der Waals surface area contributed by atoms with Gasteiger partial charge >= 0.3 is 5.97 Å². The predicted molar refractivity (Wildman–Crippen MR) is 157 cm³/mol. The van der Waals surface area contributed by atoms with Gasteiger partial charge in [-0.15, -0.1) is 0 Å². The summed E-state index contributed by atoms with van der Waals surface area (Å²) in [7, 11) is -1.55. The maximum atomic E-state index is 11.7. The third-order valence-electron chi connectivity index (χ3n) is 8.04. The first-order valence-corrected chi connectivity index (χ1v) is 16.1. The minimum atomic E-state index is -2.96. The summed E-state index contributed by atoms with van der Waals surface area (Å²) in [4.78, 5) is 11.7. The Hall–Kier alpha value is -3.32. The van der Waals surface area contributed by atoms with Crippen molar-refractivity contribution < 1.29 is 27.4 Å². The van der Waals surface area contributed by atoms with Crippen LogP contribution >= 0.6 is 0 Å². The Morgan fingerprint density at radius 2 is 1.73 bits per heavy atom. The molecular weight excluding hydrogens is 524 g/mol. The lowest BCUT2D eigenvalue weighted by Crippen LogP contribution is -2.11. The van der Waals surface area contributed by atoms with Crippen LogP contribution in [0.1, 0.15) is 59.9 Å². The first-order valence-electron chi connectivity index (χ1n) is 14.3. The van der Waals surface area contributed by atoms with E-state index in [1.165, 1.54) is 40.5 Å². The number of fused-ring (bicyclic) bond motifs is 4. The number of esters is 1. The van der Waals surface area contributed by atoms with E-state index in [4.69, 9.17) is 14.2 Å². The normalized spacial score (nSPS) is 15.8. The molecule has 1 aliphatic carbocycles. The smallest absolute Gasteiger partial charge is 0.306 e. The molecule has 1 heterocycles. The Kier molecular flexibility index (Phi) is 8.79. The van der Waals surface area contributed by atoms with Crippen molar-refractivity contribution >= 4 is 15.8 Å². The average molecular weight is 563 g/mol. The predicted octanol–water partition coefficient (Wildman–Crippen LogP) is 5.87. The van der Waals surface area contributed by atoms with Crippen molar-refractivity contribution in [2.24, 2.45) is 0 Å². The van der Waals surface area contributed by atoms with Crippen LogP contribution in [0, 0.1) is 0 Å². The molecule has 40 heavy (non-hydrogen) atoms. The fourth-order valence-electron chi connectivity index (χ4n) is 5.68. The second kappa shape index (κ2) is 12.5. The van der Waals surface area contributed by atoms with Crippen molar-refractivity contribution in [1.82, 2.24) is 0 Å². The standard InChI is InChI=1S/C33H38O6S/c1-3-40(35,36)17-5-16-38-28-13-15-29-26(20-28)7-4-6-25-12-10-23(18-31(25)29)8-9-24-11-14-30-27(21-33(34)37-2)22-39-32(30)19-24/h10-15,18-20,27H,3-9,16-17,21-22H2,1-2H3/t27-/m1/s1. The van der Waals surface area contributed by atoms with Gasteiger partial charge in [0.1, 0.15) is 21.3 Å². The molecule has 0 aromatic heterocycles. The highest BCUT2D eigenvalue weighted by molar-refractivity contribution is 7.91. The van der Waals surface area contributed by atoms with Crippen molar-refractivity contribution in [2.75, 3.05) is 31.8 Å². The molecular formula is C33H38O6S. The van der Waals surface area contributed by atoms with E-state index in [1.54, 1.807) is 6.92 Å². The van der Waals surface area contributed by atoms with E-state index in [1.807, 2.05) is 6.07 Å². The van der Waals surface area contributed by atoms with Crippen molar-refractivity contribution in [3.05, 3.63) is 82.4 Å². The molecule has 212 valence electrons. The number of methoxy groups -OCH3 is 1. The molecule has 1 aliphatic heterocycles. The SMILES string of the molecule is CCS(=O)(=O)CCCOc1ccc2c(c1)CCCc1ccc(CCc3ccc4c(c3)OC[C@H]4CC(=O)OC)cc1-2. The van der Waals surface area contributed by atoms with Crippen LogP contribution in [0.15, 0.2) is 54.6 Å². The number of benzene rings is 3. The van der Waals surface area contributed by atoms with Gasteiger partial charge in [0.25, 0.3) is 0 Å². The van der Waals surface area contributed by atoms with Crippen LogP contribution in [-0.2, 0) is 45.1 Å².